The minimum atomic E-state index is 0.850. The molecule has 0 saturated heterocycles. The number of fused-ring (bicyclic) bond motifs is 3. The van der Waals surface area contributed by atoms with E-state index in [2.05, 4.69) is 64.6 Å². The van der Waals surface area contributed by atoms with Crippen LogP contribution in [0.3, 0.4) is 0 Å². The lowest BCUT2D eigenvalue weighted by Crippen LogP contribution is -1.94. The maximum absolute atomic E-state index is 4.88. The third-order valence-electron chi connectivity index (χ3n) is 5.81. The van der Waals surface area contributed by atoms with E-state index in [0.717, 1.165) is 34.8 Å². The van der Waals surface area contributed by atoms with Gasteiger partial charge in [0.05, 0.1) is 22.8 Å². The first-order valence-corrected chi connectivity index (χ1v) is 10.4. The van der Waals surface area contributed by atoms with Gasteiger partial charge in [0.25, 0.3) is 0 Å². The van der Waals surface area contributed by atoms with Crippen LogP contribution in [0.4, 0.5) is 0 Å². The highest BCUT2D eigenvalue weighted by Gasteiger charge is 2.19. The smallest absolute Gasteiger partial charge is 0.0900 e. The number of benzene rings is 2. The normalized spacial score (nSPS) is 11.7. The SMILES string of the molecule is c1ccc(-c2cc(-c3ccc4c(c3)Cc3ccccc3-4)cc(-c3ccccn3)n2)nc1. The van der Waals surface area contributed by atoms with E-state index in [9.17, 15) is 0 Å². The van der Waals surface area contributed by atoms with Crippen LogP contribution in [0.2, 0.25) is 0 Å². The van der Waals surface area contributed by atoms with Crippen molar-refractivity contribution in [3.8, 4) is 45.0 Å². The average Bonchev–Trinajstić information content (AvgIpc) is 3.23. The zero-order valence-corrected chi connectivity index (χ0v) is 16.9. The summed E-state index contributed by atoms with van der Waals surface area (Å²) in [5.74, 6) is 0. The predicted molar refractivity (Wildman–Crippen MR) is 124 cm³/mol. The van der Waals surface area contributed by atoms with Gasteiger partial charge in [0.15, 0.2) is 0 Å². The average molecular weight is 397 g/mol. The molecule has 0 radical (unpaired) electrons. The molecule has 6 rings (SSSR count). The van der Waals surface area contributed by atoms with Crippen molar-refractivity contribution in [2.45, 2.75) is 6.42 Å². The monoisotopic (exact) mass is 397 g/mol. The van der Waals surface area contributed by atoms with E-state index in [-0.39, 0.29) is 0 Å². The van der Waals surface area contributed by atoms with Gasteiger partial charge in [-0.1, -0.05) is 54.6 Å². The van der Waals surface area contributed by atoms with Crippen LogP contribution in [0.15, 0.2) is 103 Å². The van der Waals surface area contributed by atoms with Crippen LogP contribution >= 0.6 is 0 Å². The van der Waals surface area contributed by atoms with Gasteiger partial charge < -0.3 is 0 Å². The Labute approximate surface area is 181 Å². The van der Waals surface area contributed by atoms with Gasteiger partial charge in [-0.05, 0) is 76.2 Å². The second-order valence-electron chi connectivity index (χ2n) is 7.76. The van der Waals surface area contributed by atoms with Gasteiger partial charge in [0.2, 0.25) is 0 Å². The largest absolute Gasteiger partial charge is 0.255 e. The lowest BCUT2D eigenvalue weighted by Gasteiger charge is -2.11. The Balaban J connectivity index is 1.50. The van der Waals surface area contributed by atoms with Crippen molar-refractivity contribution < 1.29 is 0 Å². The van der Waals surface area contributed by atoms with Gasteiger partial charge in [-0.2, -0.15) is 0 Å². The van der Waals surface area contributed by atoms with Gasteiger partial charge in [0.1, 0.15) is 0 Å². The Kier molecular flexibility index (Phi) is 4.17. The Morgan fingerprint density at radius 2 is 1.13 bits per heavy atom. The molecule has 31 heavy (non-hydrogen) atoms. The van der Waals surface area contributed by atoms with Gasteiger partial charge >= 0.3 is 0 Å². The zero-order chi connectivity index (χ0) is 20.6. The van der Waals surface area contributed by atoms with Crippen LogP contribution in [-0.4, -0.2) is 15.0 Å². The summed E-state index contributed by atoms with van der Waals surface area (Å²) in [6.07, 6.45) is 4.58. The van der Waals surface area contributed by atoms with Crippen molar-refractivity contribution in [3.63, 3.8) is 0 Å². The summed E-state index contributed by atoms with van der Waals surface area (Å²) in [5.41, 5.74) is 11.2. The van der Waals surface area contributed by atoms with Gasteiger partial charge in [-0.3, -0.25) is 9.97 Å². The fourth-order valence-corrected chi connectivity index (χ4v) is 4.31. The molecule has 1 aliphatic rings. The maximum Gasteiger partial charge on any atom is 0.0900 e. The lowest BCUT2D eigenvalue weighted by atomic mass is 9.98. The fraction of sp³-hybridized carbons (Fsp3) is 0.0357. The summed E-state index contributed by atoms with van der Waals surface area (Å²) >= 11 is 0. The summed E-state index contributed by atoms with van der Waals surface area (Å²) in [7, 11) is 0. The van der Waals surface area contributed by atoms with Crippen LogP contribution in [0.5, 0.6) is 0 Å². The standard InChI is InChI=1S/C28H19N3/c1-2-8-23-20(7-1)16-22-15-19(11-12-24(22)23)21-17-27(25-9-3-5-13-29-25)31-28(18-21)26-10-4-6-14-30-26/h1-15,17-18H,16H2. The highest BCUT2D eigenvalue weighted by molar-refractivity contribution is 5.82. The van der Waals surface area contributed by atoms with E-state index in [1.54, 1.807) is 12.4 Å². The van der Waals surface area contributed by atoms with Gasteiger partial charge in [-0.15, -0.1) is 0 Å². The summed E-state index contributed by atoms with van der Waals surface area (Å²) in [6.45, 7) is 0. The molecule has 146 valence electrons. The molecule has 0 fully saturated rings. The van der Waals surface area contributed by atoms with Crippen molar-refractivity contribution >= 4 is 0 Å². The highest BCUT2D eigenvalue weighted by atomic mass is 14.8. The second kappa shape index (κ2) is 7.29. The molecule has 0 unspecified atom stereocenters. The molecule has 3 heterocycles. The maximum atomic E-state index is 4.88. The summed E-state index contributed by atoms with van der Waals surface area (Å²) in [4.78, 5) is 13.9. The molecule has 3 aromatic heterocycles. The third kappa shape index (κ3) is 3.21. The van der Waals surface area contributed by atoms with Crippen LogP contribution in [-0.2, 0) is 6.42 Å². The van der Waals surface area contributed by atoms with E-state index in [1.165, 1.54) is 27.8 Å². The summed E-state index contributed by atoms with van der Waals surface area (Å²) in [5, 5.41) is 0. The Morgan fingerprint density at radius 3 is 1.81 bits per heavy atom. The molecule has 0 amide bonds. The van der Waals surface area contributed by atoms with E-state index < -0.39 is 0 Å². The van der Waals surface area contributed by atoms with Crippen molar-refractivity contribution in [2.75, 3.05) is 0 Å². The minimum Gasteiger partial charge on any atom is -0.255 e. The molecular formula is C28H19N3. The van der Waals surface area contributed by atoms with Crippen LogP contribution in [0, 0.1) is 0 Å². The molecule has 5 aromatic rings. The molecule has 1 aliphatic carbocycles. The Bertz CT molecular complexity index is 1340. The first-order valence-electron chi connectivity index (χ1n) is 10.4. The third-order valence-corrected chi connectivity index (χ3v) is 5.81. The molecule has 0 aliphatic heterocycles. The summed E-state index contributed by atoms with van der Waals surface area (Å²) in [6, 6.07) is 31.5. The first-order chi connectivity index (χ1) is 15.3. The van der Waals surface area contributed by atoms with Crippen molar-refractivity contribution in [1.29, 1.82) is 0 Å². The van der Waals surface area contributed by atoms with Gasteiger partial charge in [-0.25, -0.2) is 4.98 Å². The highest BCUT2D eigenvalue weighted by Crippen LogP contribution is 2.39. The van der Waals surface area contributed by atoms with E-state index in [4.69, 9.17) is 4.98 Å². The quantitative estimate of drug-likeness (QED) is 0.345. The number of rotatable bonds is 3. The Morgan fingerprint density at radius 1 is 0.484 bits per heavy atom. The summed E-state index contributed by atoms with van der Waals surface area (Å²) < 4.78 is 0. The van der Waals surface area contributed by atoms with Gasteiger partial charge in [0, 0.05) is 12.4 Å². The van der Waals surface area contributed by atoms with Crippen LogP contribution in [0.1, 0.15) is 11.1 Å². The molecular weight excluding hydrogens is 378 g/mol. The molecule has 3 nitrogen and oxygen atoms in total. The molecule has 0 saturated carbocycles. The first kappa shape index (κ1) is 17.7. The Hall–Kier alpha value is -4.11. The minimum absolute atomic E-state index is 0.850. The topological polar surface area (TPSA) is 38.7 Å². The molecule has 0 N–H and O–H groups in total. The molecule has 0 atom stereocenters. The number of hydrogen-bond donors (Lipinski definition) is 0. The lowest BCUT2D eigenvalue weighted by molar-refractivity contribution is 1.22. The second-order valence-corrected chi connectivity index (χ2v) is 7.76. The van der Waals surface area contributed by atoms with Crippen LogP contribution < -0.4 is 0 Å². The molecule has 3 heteroatoms. The van der Waals surface area contributed by atoms with E-state index in [1.807, 2.05) is 36.4 Å². The zero-order valence-electron chi connectivity index (χ0n) is 16.9. The number of aromatic nitrogens is 3. The molecule has 0 spiro atoms. The van der Waals surface area contributed by atoms with E-state index >= 15 is 0 Å². The number of nitrogens with zero attached hydrogens (tertiary/aromatic N) is 3. The molecule has 2 aromatic carbocycles. The fourth-order valence-electron chi connectivity index (χ4n) is 4.31. The van der Waals surface area contributed by atoms with E-state index in [0.29, 0.717) is 0 Å². The number of pyridine rings is 3. The van der Waals surface area contributed by atoms with Crippen molar-refractivity contribution in [2.24, 2.45) is 0 Å². The molecule has 0 bridgehead atoms. The van der Waals surface area contributed by atoms with Crippen LogP contribution in [0.25, 0.3) is 45.0 Å². The van der Waals surface area contributed by atoms with Crippen molar-refractivity contribution in [1.82, 2.24) is 15.0 Å². The predicted octanol–water partition coefficient (Wildman–Crippen LogP) is 6.44. The number of hydrogen-bond acceptors (Lipinski definition) is 3. The van der Waals surface area contributed by atoms with Crippen molar-refractivity contribution in [3.05, 3.63) is 115 Å².